The van der Waals surface area contributed by atoms with Gasteiger partial charge in [0.2, 0.25) is 0 Å². The largest absolute Gasteiger partial charge is 0.458 e. The Bertz CT molecular complexity index is 410. The van der Waals surface area contributed by atoms with Gasteiger partial charge in [0, 0.05) is 0 Å². The number of rotatable bonds is 2. The molecule has 2 aliphatic carbocycles. The van der Waals surface area contributed by atoms with Crippen LogP contribution in [0.25, 0.3) is 0 Å². The maximum absolute atomic E-state index is 11.9. The fourth-order valence-electron chi connectivity index (χ4n) is 3.10. The molecular formula is C13H16O2S. The van der Waals surface area contributed by atoms with Gasteiger partial charge in [-0.15, -0.1) is 11.3 Å². The van der Waals surface area contributed by atoms with Crippen molar-refractivity contribution in [3.8, 4) is 0 Å². The highest BCUT2D eigenvalue weighted by Gasteiger charge is 2.41. The number of carbonyl (C=O) groups is 1. The van der Waals surface area contributed by atoms with E-state index in [0.717, 1.165) is 22.8 Å². The van der Waals surface area contributed by atoms with Crippen LogP contribution in [0, 0.1) is 18.8 Å². The minimum absolute atomic E-state index is 0.106. The molecule has 2 nitrogen and oxygen atoms in total. The van der Waals surface area contributed by atoms with Crippen LogP contribution in [0.4, 0.5) is 0 Å². The van der Waals surface area contributed by atoms with Gasteiger partial charge in [-0.2, -0.15) is 0 Å². The van der Waals surface area contributed by atoms with Crippen molar-refractivity contribution >= 4 is 17.3 Å². The lowest BCUT2D eigenvalue weighted by Crippen LogP contribution is -2.23. The van der Waals surface area contributed by atoms with Crippen LogP contribution < -0.4 is 0 Å². The van der Waals surface area contributed by atoms with E-state index in [4.69, 9.17) is 4.74 Å². The minimum Gasteiger partial charge on any atom is -0.458 e. The van der Waals surface area contributed by atoms with Crippen LogP contribution in [-0.4, -0.2) is 12.1 Å². The average Bonchev–Trinajstić information content (AvgIpc) is 2.92. The van der Waals surface area contributed by atoms with Crippen LogP contribution in [0.2, 0.25) is 0 Å². The van der Waals surface area contributed by atoms with Crippen molar-refractivity contribution in [3.63, 3.8) is 0 Å². The first-order valence-corrected chi connectivity index (χ1v) is 6.87. The first-order chi connectivity index (χ1) is 7.74. The van der Waals surface area contributed by atoms with Crippen molar-refractivity contribution < 1.29 is 9.53 Å². The molecule has 1 aromatic rings. The van der Waals surface area contributed by atoms with Gasteiger partial charge in [0.05, 0.1) is 0 Å². The molecule has 2 fully saturated rings. The Hall–Kier alpha value is -0.830. The van der Waals surface area contributed by atoms with E-state index in [2.05, 4.69) is 0 Å². The minimum atomic E-state index is -0.106. The summed E-state index contributed by atoms with van der Waals surface area (Å²) in [5, 5.41) is 1.95. The second-order valence-corrected chi connectivity index (χ2v) is 5.97. The van der Waals surface area contributed by atoms with Gasteiger partial charge in [-0.25, -0.2) is 4.79 Å². The number of thiophene rings is 1. The highest BCUT2D eigenvalue weighted by molar-refractivity contribution is 7.12. The van der Waals surface area contributed by atoms with Crippen molar-refractivity contribution in [1.29, 1.82) is 0 Å². The second-order valence-electron chi connectivity index (χ2n) is 5.05. The van der Waals surface area contributed by atoms with Gasteiger partial charge >= 0.3 is 5.97 Å². The summed E-state index contributed by atoms with van der Waals surface area (Å²) in [4.78, 5) is 12.7. The zero-order valence-corrected chi connectivity index (χ0v) is 10.3. The third-order valence-corrected chi connectivity index (χ3v) is 4.98. The van der Waals surface area contributed by atoms with Crippen molar-refractivity contribution in [1.82, 2.24) is 0 Å². The maximum Gasteiger partial charge on any atom is 0.348 e. The number of hydrogen-bond acceptors (Lipinski definition) is 3. The van der Waals surface area contributed by atoms with Crippen molar-refractivity contribution in [2.75, 3.05) is 0 Å². The summed E-state index contributed by atoms with van der Waals surface area (Å²) in [6.07, 6.45) is 5.18. The van der Waals surface area contributed by atoms with E-state index in [0.29, 0.717) is 5.92 Å². The molecule has 0 spiro atoms. The quantitative estimate of drug-likeness (QED) is 0.736. The lowest BCUT2D eigenvalue weighted by atomic mass is 9.98. The normalized spacial score (nSPS) is 31.9. The Morgan fingerprint density at radius 1 is 1.44 bits per heavy atom. The molecule has 3 rings (SSSR count). The van der Waals surface area contributed by atoms with Crippen LogP contribution in [0.1, 0.15) is 40.9 Å². The summed E-state index contributed by atoms with van der Waals surface area (Å²) in [5.41, 5.74) is 1.04. The Morgan fingerprint density at radius 2 is 2.31 bits per heavy atom. The summed E-state index contributed by atoms with van der Waals surface area (Å²) in [6, 6.07) is 1.97. The van der Waals surface area contributed by atoms with Crippen LogP contribution >= 0.6 is 11.3 Å². The number of carbonyl (C=O) groups excluding carboxylic acids is 1. The van der Waals surface area contributed by atoms with Gasteiger partial charge in [0.1, 0.15) is 11.0 Å². The number of hydrogen-bond donors (Lipinski definition) is 0. The molecule has 3 unspecified atom stereocenters. The molecule has 2 bridgehead atoms. The highest BCUT2D eigenvalue weighted by Crippen LogP contribution is 2.46. The Morgan fingerprint density at radius 3 is 2.88 bits per heavy atom. The summed E-state index contributed by atoms with van der Waals surface area (Å²) in [7, 11) is 0. The standard InChI is InChI=1S/C13H16O2S/c1-8-4-5-16-12(8)13(14)15-11-7-9-2-3-10(11)6-9/h4-5,9-11H,2-3,6-7H2,1H3. The van der Waals surface area contributed by atoms with Crippen LogP contribution in [0.5, 0.6) is 0 Å². The smallest absolute Gasteiger partial charge is 0.348 e. The van der Waals surface area contributed by atoms with E-state index in [1.54, 1.807) is 0 Å². The Labute approximate surface area is 99.6 Å². The van der Waals surface area contributed by atoms with Crippen LogP contribution in [0.3, 0.4) is 0 Å². The molecular weight excluding hydrogens is 220 g/mol. The lowest BCUT2D eigenvalue weighted by molar-refractivity contribution is 0.0163. The zero-order chi connectivity index (χ0) is 11.1. The van der Waals surface area contributed by atoms with E-state index in [-0.39, 0.29) is 12.1 Å². The fraction of sp³-hybridized carbons (Fsp3) is 0.615. The fourth-order valence-corrected chi connectivity index (χ4v) is 3.91. The lowest BCUT2D eigenvalue weighted by Gasteiger charge is -2.21. The molecule has 0 radical (unpaired) electrons. The summed E-state index contributed by atoms with van der Waals surface area (Å²) < 4.78 is 5.64. The summed E-state index contributed by atoms with van der Waals surface area (Å²) >= 11 is 1.49. The van der Waals surface area contributed by atoms with E-state index >= 15 is 0 Å². The summed E-state index contributed by atoms with van der Waals surface area (Å²) in [6.45, 7) is 1.97. The number of ether oxygens (including phenoxy) is 1. The molecule has 0 amide bonds. The third-order valence-electron chi connectivity index (χ3n) is 3.98. The molecule has 1 heterocycles. The van der Waals surface area contributed by atoms with Crippen molar-refractivity contribution in [2.45, 2.75) is 38.7 Å². The van der Waals surface area contributed by atoms with Crippen molar-refractivity contribution in [2.24, 2.45) is 11.8 Å². The molecule has 2 saturated carbocycles. The van der Waals surface area contributed by atoms with E-state index in [1.807, 2.05) is 18.4 Å². The first kappa shape index (κ1) is 10.3. The molecule has 3 atom stereocenters. The third kappa shape index (κ3) is 1.67. The predicted molar refractivity (Wildman–Crippen MR) is 63.7 cm³/mol. The molecule has 16 heavy (non-hydrogen) atoms. The van der Waals surface area contributed by atoms with Gasteiger partial charge in [-0.3, -0.25) is 0 Å². The second kappa shape index (κ2) is 3.88. The number of aryl methyl sites for hydroxylation is 1. The molecule has 86 valence electrons. The topological polar surface area (TPSA) is 26.3 Å². The Balaban J connectivity index is 1.67. The van der Waals surface area contributed by atoms with Crippen LogP contribution in [-0.2, 0) is 4.74 Å². The van der Waals surface area contributed by atoms with E-state index < -0.39 is 0 Å². The van der Waals surface area contributed by atoms with E-state index in [9.17, 15) is 4.79 Å². The van der Waals surface area contributed by atoms with Gasteiger partial charge in [-0.1, -0.05) is 0 Å². The highest BCUT2D eigenvalue weighted by atomic mass is 32.1. The molecule has 1 aromatic heterocycles. The van der Waals surface area contributed by atoms with Crippen molar-refractivity contribution in [3.05, 3.63) is 21.9 Å². The molecule has 3 heteroatoms. The zero-order valence-electron chi connectivity index (χ0n) is 9.44. The number of fused-ring (bicyclic) bond motifs is 2. The monoisotopic (exact) mass is 236 g/mol. The van der Waals surface area contributed by atoms with Gasteiger partial charge in [-0.05, 0) is 61.5 Å². The molecule has 2 aliphatic rings. The van der Waals surface area contributed by atoms with Crippen LogP contribution in [0.15, 0.2) is 11.4 Å². The van der Waals surface area contributed by atoms with Gasteiger partial charge < -0.3 is 4.74 Å². The molecule has 0 aromatic carbocycles. The Kier molecular flexibility index (Phi) is 2.51. The average molecular weight is 236 g/mol. The molecule has 0 N–H and O–H groups in total. The van der Waals surface area contributed by atoms with Gasteiger partial charge in [0.15, 0.2) is 0 Å². The number of esters is 1. The first-order valence-electron chi connectivity index (χ1n) is 5.99. The maximum atomic E-state index is 11.9. The van der Waals surface area contributed by atoms with E-state index in [1.165, 1.54) is 30.6 Å². The molecule has 0 aliphatic heterocycles. The predicted octanol–water partition coefficient (Wildman–Crippen LogP) is 3.40. The summed E-state index contributed by atoms with van der Waals surface area (Å²) in [5.74, 6) is 1.37. The molecule has 0 saturated heterocycles. The van der Waals surface area contributed by atoms with Gasteiger partial charge in [0.25, 0.3) is 0 Å². The SMILES string of the molecule is Cc1ccsc1C(=O)OC1CC2CCC1C2.